The predicted octanol–water partition coefficient (Wildman–Crippen LogP) is 3.71. The lowest BCUT2D eigenvalue weighted by Gasteiger charge is -2.24. The van der Waals surface area contributed by atoms with Crippen molar-refractivity contribution in [2.45, 2.75) is 38.8 Å². The van der Waals surface area contributed by atoms with Crippen molar-refractivity contribution in [1.29, 1.82) is 0 Å². The van der Waals surface area contributed by atoms with E-state index in [4.69, 9.17) is 4.74 Å². The highest BCUT2D eigenvalue weighted by Gasteiger charge is 2.23. The van der Waals surface area contributed by atoms with E-state index in [1.54, 1.807) is 29.7 Å². The van der Waals surface area contributed by atoms with Gasteiger partial charge < -0.3 is 20.7 Å². The van der Waals surface area contributed by atoms with E-state index in [2.05, 4.69) is 30.9 Å². The van der Waals surface area contributed by atoms with E-state index in [0.717, 1.165) is 10.7 Å². The number of aliphatic imine (C=N–C) groups is 2. The highest BCUT2D eigenvalue weighted by atomic mass is 32.1. The van der Waals surface area contributed by atoms with Gasteiger partial charge in [0.25, 0.3) is 0 Å². The summed E-state index contributed by atoms with van der Waals surface area (Å²) in [5, 5.41) is 12.0. The van der Waals surface area contributed by atoms with Crippen molar-refractivity contribution in [2.24, 2.45) is 9.98 Å². The fourth-order valence-electron chi connectivity index (χ4n) is 2.66. The molecule has 1 aliphatic rings. The van der Waals surface area contributed by atoms with E-state index in [1.807, 2.05) is 26.2 Å². The van der Waals surface area contributed by atoms with Crippen molar-refractivity contribution >= 4 is 34.9 Å². The number of guanidine groups is 1. The quantitative estimate of drug-likeness (QED) is 0.626. The number of thiazole rings is 1. The molecule has 160 valence electrons. The van der Waals surface area contributed by atoms with Gasteiger partial charge in [0.15, 0.2) is 0 Å². The van der Waals surface area contributed by atoms with E-state index in [9.17, 15) is 9.18 Å². The predicted molar refractivity (Wildman–Crippen MR) is 117 cm³/mol. The first-order valence-corrected chi connectivity index (χ1v) is 10.4. The van der Waals surface area contributed by atoms with Gasteiger partial charge in [0.05, 0.1) is 12.6 Å². The van der Waals surface area contributed by atoms with Crippen LogP contribution in [0.4, 0.5) is 14.9 Å². The Hall–Kier alpha value is -3.01. The first-order chi connectivity index (χ1) is 14.3. The van der Waals surface area contributed by atoms with Crippen molar-refractivity contribution in [3.05, 3.63) is 46.7 Å². The van der Waals surface area contributed by atoms with Gasteiger partial charge in [-0.3, -0.25) is 0 Å². The molecule has 10 heteroatoms. The van der Waals surface area contributed by atoms with Crippen molar-refractivity contribution in [1.82, 2.24) is 15.6 Å². The first kappa shape index (κ1) is 21.7. The van der Waals surface area contributed by atoms with Crippen LogP contribution in [0.25, 0.3) is 0 Å². The summed E-state index contributed by atoms with van der Waals surface area (Å²) in [5.41, 5.74) is 0.188. The van der Waals surface area contributed by atoms with Crippen LogP contribution in [-0.2, 0) is 4.74 Å². The number of carbonyl (C=O) groups is 1. The van der Waals surface area contributed by atoms with Gasteiger partial charge in [-0.25, -0.2) is 24.2 Å². The lowest BCUT2D eigenvalue weighted by Crippen LogP contribution is -2.37. The summed E-state index contributed by atoms with van der Waals surface area (Å²) < 4.78 is 18.4. The van der Waals surface area contributed by atoms with Gasteiger partial charge in [-0.1, -0.05) is 0 Å². The number of halogens is 1. The molecule has 1 aliphatic heterocycles. The minimum atomic E-state index is -0.549. The average Bonchev–Trinajstić information content (AvgIpc) is 3.20. The molecule has 1 unspecified atom stereocenters. The van der Waals surface area contributed by atoms with Crippen LogP contribution in [0.3, 0.4) is 0 Å². The molecule has 0 radical (unpaired) electrons. The Kier molecular flexibility index (Phi) is 6.99. The second-order valence-electron chi connectivity index (χ2n) is 7.60. The summed E-state index contributed by atoms with van der Waals surface area (Å²) >= 11 is 1.54. The summed E-state index contributed by atoms with van der Waals surface area (Å²) in [4.78, 5) is 25.1. The number of carbonyl (C=O) groups excluding carboxylic acids is 1. The third-order valence-corrected chi connectivity index (χ3v) is 4.75. The molecule has 0 aliphatic carbocycles. The number of hydrogen-bond donors (Lipinski definition) is 3. The summed E-state index contributed by atoms with van der Waals surface area (Å²) in [6.07, 6.45) is 1.85. The van der Waals surface area contributed by atoms with Crippen LogP contribution in [0.1, 0.15) is 38.2 Å². The van der Waals surface area contributed by atoms with Crippen LogP contribution in [0, 0.1) is 5.82 Å². The normalized spacial score (nSPS) is 17.8. The molecule has 2 aromatic rings. The Labute approximate surface area is 178 Å². The Morgan fingerprint density at radius 1 is 1.37 bits per heavy atom. The number of benzene rings is 1. The van der Waals surface area contributed by atoms with E-state index in [1.165, 1.54) is 12.1 Å². The van der Waals surface area contributed by atoms with Crippen LogP contribution in [0.5, 0.6) is 0 Å². The van der Waals surface area contributed by atoms with E-state index >= 15 is 0 Å². The van der Waals surface area contributed by atoms with Gasteiger partial charge in [0.1, 0.15) is 22.3 Å². The second kappa shape index (κ2) is 9.66. The minimum absolute atomic E-state index is 0.0805. The van der Waals surface area contributed by atoms with Crippen LogP contribution in [-0.4, -0.2) is 41.6 Å². The van der Waals surface area contributed by atoms with Crippen molar-refractivity contribution in [3.8, 4) is 0 Å². The fraction of sp³-hybridized carbons (Fsp3) is 0.400. The van der Waals surface area contributed by atoms with Crippen LogP contribution >= 0.6 is 11.3 Å². The van der Waals surface area contributed by atoms with Crippen LogP contribution in [0.15, 0.2) is 45.8 Å². The third kappa shape index (κ3) is 6.80. The van der Waals surface area contributed by atoms with Crippen molar-refractivity contribution in [3.63, 3.8) is 0 Å². The van der Waals surface area contributed by atoms with E-state index < -0.39 is 11.7 Å². The van der Waals surface area contributed by atoms with Crippen molar-refractivity contribution in [2.75, 3.05) is 18.4 Å². The Morgan fingerprint density at radius 2 is 2.13 bits per heavy atom. The number of amidine groups is 1. The summed E-state index contributed by atoms with van der Waals surface area (Å²) in [7, 11) is 0. The van der Waals surface area contributed by atoms with Crippen LogP contribution < -0.4 is 16.0 Å². The summed E-state index contributed by atoms with van der Waals surface area (Å²) in [5.74, 6) is 0.838. The molecular formula is C20H25FN6O2S. The molecule has 1 aromatic heterocycles. The van der Waals surface area contributed by atoms with Gasteiger partial charge >= 0.3 is 6.09 Å². The molecule has 1 atom stereocenters. The lowest BCUT2D eigenvalue weighted by molar-refractivity contribution is 0.0529. The second-order valence-corrected chi connectivity index (χ2v) is 8.52. The number of nitrogens with one attached hydrogen (secondary N) is 3. The van der Waals surface area contributed by atoms with E-state index in [0.29, 0.717) is 31.3 Å². The number of aromatic nitrogens is 1. The van der Waals surface area contributed by atoms with Gasteiger partial charge in [0, 0.05) is 30.2 Å². The molecule has 3 rings (SSSR count). The highest BCUT2D eigenvalue weighted by Crippen LogP contribution is 2.23. The van der Waals surface area contributed by atoms with Gasteiger partial charge in [-0.15, -0.1) is 11.3 Å². The van der Waals surface area contributed by atoms with E-state index in [-0.39, 0.29) is 11.9 Å². The zero-order valence-corrected chi connectivity index (χ0v) is 17.9. The number of ether oxygens (including phenoxy) is 1. The molecule has 0 bridgehead atoms. The smallest absolute Gasteiger partial charge is 0.407 e. The largest absolute Gasteiger partial charge is 0.444 e. The molecule has 8 nitrogen and oxygen atoms in total. The molecule has 1 aromatic carbocycles. The third-order valence-electron chi connectivity index (χ3n) is 3.87. The molecule has 3 N–H and O–H groups in total. The molecule has 0 saturated heterocycles. The summed E-state index contributed by atoms with van der Waals surface area (Å²) in [6.45, 7) is 6.07. The topological polar surface area (TPSA) is 100 Å². The number of nitrogens with zero attached hydrogens (tertiary/aromatic N) is 3. The summed E-state index contributed by atoms with van der Waals surface area (Å²) in [6, 6.07) is 6.00. The van der Waals surface area contributed by atoms with Crippen molar-refractivity contribution < 1.29 is 13.9 Å². The highest BCUT2D eigenvalue weighted by molar-refractivity contribution is 7.09. The average molecular weight is 433 g/mol. The number of amides is 1. The first-order valence-electron chi connectivity index (χ1n) is 9.56. The molecular weight excluding hydrogens is 407 g/mol. The van der Waals surface area contributed by atoms with Gasteiger partial charge in [-0.05, 0) is 45.0 Å². The SMILES string of the molecule is CC(C)(C)OC(=O)NCCN=C1N=C(Nc2ccc(F)cc2)CC(c2nccs2)N1. The lowest BCUT2D eigenvalue weighted by atomic mass is 10.1. The number of anilines is 1. The number of rotatable bonds is 5. The molecule has 1 amide bonds. The molecule has 2 heterocycles. The maximum Gasteiger partial charge on any atom is 0.407 e. The molecule has 0 spiro atoms. The Morgan fingerprint density at radius 3 is 2.80 bits per heavy atom. The Bertz CT molecular complexity index is 906. The molecule has 0 saturated carbocycles. The monoisotopic (exact) mass is 432 g/mol. The molecule has 0 fully saturated rings. The van der Waals surface area contributed by atoms with Crippen LogP contribution in [0.2, 0.25) is 0 Å². The zero-order chi connectivity index (χ0) is 21.6. The molecule has 30 heavy (non-hydrogen) atoms. The fourth-order valence-corrected chi connectivity index (χ4v) is 3.34. The number of hydrogen-bond acceptors (Lipinski definition) is 6. The standard InChI is InChI=1S/C20H25FN6O2S/c1-20(2,3)29-19(28)24-9-8-23-18-26-15(17-22-10-11-30-17)12-16(27-18)25-14-6-4-13(21)5-7-14/h4-7,10-11,15H,8-9,12H2,1-3H3,(H,24,28)(H2,23,25,26,27). The van der Waals surface area contributed by atoms with Gasteiger partial charge in [0.2, 0.25) is 5.96 Å². The zero-order valence-electron chi connectivity index (χ0n) is 17.1. The Balaban J connectivity index is 1.65. The maximum absolute atomic E-state index is 13.2. The number of alkyl carbamates (subject to hydrolysis) is 1. The maximum atomic E-state index is 13.2. The minimum Gasteiger partial charge on any atom is -0.444 e. The van der Waals surface area contributed by atoms with Gasteiger partial charge in [-0.2, -0.15) is 0 Å².